The molecular formula is C7H4N6. The lowest BCUT2D eigenvalue weighted by atomic mass is 10.3. The number of fused-ring (bicyclic) bond motifs is 3. The second-order valence-corrected chi connectivity index (χ2v) is 2.58. The van der Waals surface area contributed by atoms with Crippen LogP contribution in [0.15, 0.2) is 24.5 Å². The van der Waals surface area contributed by atoms with Gasteiger partial charge in [-0.1, -0.05) is 0 Å². The molecule has 13 heavy (non-hydrogen) atoms. The second kappa shape index (κ2) is 2.19. The SMILES string of the molecule is c1cnc2c(c1)cnn1nnnc21. The molecule has 0 saturated carbocycles. The van der Waals surface area contributed by atoms with E-state index in [-0.39, 0.29) is 0 Å². The van der Waals surface area contributed by atoms with Gasteiger partial charge >= 0.3 is 0 Å². The molecule has 6 heteroatoms. The van der Waals surface area contributed by atoms with Crippen molar-refractivity contribution < 1.29 is 0 Å². The summed E-state index contributed by atoms with van der Waals surface area (Å²) in [6.45, 7) is 0. The van der Waals surface area contributed by atoms with E-state index < -0.39 is 0 Å². The van der Waals surface area contributed by atoms with Gasteiger partial charge < -0.3 is 0 Å². The van der Waals surface area contributed by atoms with Gasteiger partial charge in [-0.05, 0) is 22.6 Å². The Labute approximate surface area is 72.2 Å². The van der Waals surface area contributed by atoms with E-state index in [1.54, 1.807) is 12.4 Å². The van der Waals surface area contributed by atoms with Gasteiger partial charge in [0.15, 0.2) is 0 Å². The van der Waals surface area contributed by atoms with Crippen molar-refractivity contribution in [2.24, 2.45) is 0 Å². The highest BCUT2D eigenvalue weighted by Gasteiger charge is 2.03. The van der Waals surface area contributed by atoms with E-state index in [1.165, 1.54) is 4.63 Å². The quantitative estimate of drug-likeness (QED) is 0.480. The van der Waals surface area contributed by atoms with Crippen LogP contribution in [-0.2, 0) is 0 Å². The Kier molecular flexibility index (Phi) is 1.08. The van der Waals surface area contributed by atoms with Gasteiger partial charge in [0.25, 0.3) is 0 Å². The Morgan fingerprint density at radius 3 is 3.31 bits per heavy atom. The molecule has 0 unspecified atom stereocenters. The van der Waals surface area contributed by atoms with Crippen molar-refractivity contribution in [2.75, 3.05) is 0 Å². The fourth-order valence-electron chi connectivity index (χ4n) is 1.23. The molecule has 0 aromatic carbocycles. The van der Waals surface area contributed by atoms with E-state index in [2.05, 4.69) is 25.6 Å². The largest absolute Gasteiger partial charge is 0.252 e. The molecule has 62 valence electrons. The Morgan fingerprint density at radius 2 is 2.31 bits per heavy atom. The minimum Gasteiger partial charge on any atom is -0.252 e. The predicted molar refractivity (Wildman–Crippen MR) is 43.9 cm³/mol. The average Bonchev–Trinajstić information content (AvgIpc) is 2.65. The van der Waals surface area contributed by atoms with E-state index in [0.29, 0.717) is 5.65 Å². The number of hydrogen-bond donors (Lipinski definition) is 0. The van der Waals surface area contributed by atoms with Gasteiger partial charge in [-0.2, -0.15) is 5.10 Å². The molecule has 0 radical (unpaired) electrons. The van der Waals surface area contributed by atoms with Gasteiger partial charge in [-0.3, -0.25) is 4.98 Å². The van der Waals surface area contributed by atoms with E-state index >= 15 is 0 Å². The van der Waals surface area contributed by atoms with E-state index in [4.69, 9.17) is 0 Å². The van der Waals surface area contributed by atoms with Crippen LogP contribution in [0.4, 0.5) is 0 Å². The smallest absolute Gasteiger partial charge is 0.226 e. The number of rotatable bonds is 0. The maximum absolute atomic E-state index is 4.18. The van der Waals surface area contributed by atoms with Crippen LogP contribution in [0.3, 0.4) is 0 Å². The van der Waals surface area contributed by atoms with Crippen molar-refractivity contribution in [3.8, 4) is 0 Å². The normalized spacial score (nSPS) is 11.1. The van der Waals surface area contributed by atoms with Crippen LogP contribution in [0.2, 0.25) is 0 Å². The highest BCUT2D eigenvalue weighted by molar-refractivity contribution is 5.88. The summed E-state index contributed by atoms with van der Waals surface area (Å²) in [5, 5.41) is 16.0. The molecule has 0 spiro atoms. The zero-order chi connectivity index (χ0) is 8.67. The van der Waals surface area contributed by atoms with Crippen LogP contribution in [-0.4, -0.2) is 30.2 Å². The molecule has 0 bridgehead atoms. The highest BCUT2D eigenvalue weighted by Crippen LogP contribution is 2.11. The number of hydrogen-bond acceptors (Lipinski definition) is 5. The first-order valence-corrected chi connectivity index (χ1v) is 3.73. The topological polar surface area (TPSA) is 68.9 Å². The molecule has 3 heterocycles. The maximum atomic E-state index is 4.18. The zero-order valence-corrected chi connectivity index (χ0v) is 6.49. The number of pyridine rings is 1. The molecule has 0 aliphatic heterocycles. The van der Waals surface area contributed by atoms with Gasteiger partial charge in [0.1, 0.15) is 5.52 Å². The first-order valence-electron chi connectivity index (χ1n) is 3.73. The van der Waals surface area contributed by atoms with E-state index in [9.17, 15) is 0 Å². The van der Waals surface area contributed by atoms with Crippen molar-refractivity contribution in [1.29, 1.82) is 0 Å². The molecule has 0 saturated heterocycles. The summed E-state index contributed by atoms with van der Waals surface area (Å²) in [4.78, 5) is 4.18. The lowest BCUT2D eigenvalue weighted by molar-refractivity contribution is 0.735. The molecule has 0 amide bonds. The summed E-state index contributed by atoms with van der Waals surface area (Å²) in [6, 6.07) is 3.77. The number of nitrogens with zero attached hydrogens (tertiary/aromatic N) is 6. The highest BCUT2D eigenvalue weighted by atomic mass is 15.6. The van der Waals surface area contributed by atoms with E-state index in [1.807, 2.05) is 12.1 Å². The van der Waals surface area contributed by atoms with Crippen LogP contribution < -0.4 is 0 Å². The molecule has 0 aliphatic carbocycles. The summed E-state index contributed by atoms with van der Waals surface area (Å²) in [7, 11) is 0. The lowest BCUT2D eigenvalue weighted by Crippen LogP contribution is -1.94. The summed E-state index contributed by atoms with van der Waals surface area (Å²) in [5.74, 6) is 0. The number of aromatic nitrogens is 6. The third-order valence-corrected chi connectivity index (χ3v) is 1.81. The van der Waals surface area contributed by atoms with Gasteiger partial charge in [-0.15, -0.1) is 9.73 Å². The van der Waals surface area contributed by atoms with Crippen LogP contribution in [0.1, 0.15) is 0 Å². The summed E-state index contributed by atoms with van der Waals surface area (Å²) in [6.07, 6.45) is 3.39. The Balaban J connectivity index is 2.65. The summed E-state index contributed by atoms with van der Waals surface area (Å²) in [5.41, 5.74) is 1.35. The van der Waals surface area contributed by atoms with Crippen molar-refractivity contribution >= 4 is 16.6 Å². The van der Waals surface area contributed by atoms with Crippen LogP contribution in [0.25, 0.3) is 16.6 Å². The molecule has 0 aliphatic rings. The fraction of sp³-hybridized carbons (Fsp3) is 0. The van der Waals surface area contributed by atoms with Crippen molar-refractivity contribution in [2.45, 2.75) is 0 Å². The van der Waals surface area contributed by atoms with Crippen LogP contribution >= 0.6 is 0 Å². The van der Waals surface area contributed by atoms with E-state index in [0.717, 1.165) is 10.9 Å². The third kappa shape index (κ3) is 0.792. The predicted octanol–water partition coefficient (Wildman–Crippen LogP) is 0.0675. The first kappa shape index (κ1) is 6.41. The summed E-state index contributed by atoms with van der Waals surface area (Å²) < 4.78 is 1.36. The maximum Gasteiger partial charge on any atom is 0.226 e. The van der Waals surface area contributed by atoms with Crippen molar-refractivity contribution in [3.63, 3.8) is 0 Å². The van der Waals surface area contributed by atoms with Gasteiger partial charge in [0.2, 0.25) is 5.65 Å². The molecule has 6 nitrogen and oxygen atoms in total. The average molecular weight is 172 g/mol. The molecule has 0 N–H and O–H groups in total. The molecular weight excluding hydrogens is 168 g/mol. The minimum absolute atomic E-state index is 0.582. The lowest BCUT2D eigenvalue weighted by Gasteiger charge is -1.94. The first-order chi connectivity index (χ1) is 6.45. The second-order valence-electron chi connectivity index (χ2n) is 2.58. The third-order valence-electron chi connectivity index (χ3n) is 1.81. The van der Waals surface area contributed by atoms with Gasteiger partial charge in [0, 0.05) is 11.6 Å². The Morgan fingerprint density at radius 1 is 1.31 bits per heavy atom. The van der Waals surface area contributed by atoms with Crippen molar-refractivity contribution in [1.82, 2.24) is 30.2 Å². The standard InChI is InChI=1S/C7H4N6/c1-2-5-4-9-13-7(10-11-12-13)6(5)8-3-1/h1-4H. The Hall–Kier alpha value is -2.11. The molecule has 0 fully saturated rings. The molecule has 3 rings (SSSR count). The van der Waals surface area contributed by atoms with Gasteiger partial charge in [0.05, 0.1) is 6.20 Å². The molecule has 3 aromatic rings. The summed E-state index contributed by atoms with van der Waals surface area (Å²) >= 11 is 0. The Bertz CT molecular complexity index is 571. The van der Waals surface area contributed by atoms with Crippen molar-refractivity contribution in [3.05, 3.63) is 24.5 Å². The molecule has 3 aromatic heterocycles. The van der Waals surface area contributed by atoms with Gasteiger partial charge in [-0.25, -0.2) is 0 Å². The minimum atomic E-state index is 0.582. The number of tetrazole rings is 1. The zero-order valence-electron chi connectivity index (χ0n) is 6.49. The molecule has 0 atom stereocenters. The van der Waals surface area contributed by atoms with Crippen LogP contribution in [0.5, 0.6) is 0 Å². The van der Waals surface area contributed by atoms with Crippen LogP contribution in [0, 0.1) is 0 Å². The monoisotopic (exact) mass is 172 g/mol. The fourth-order valence-corrected chi connectivity index (χ4v) is 1.23.